The SMILES string of the molecule is CC(C)CC1NCCN(C(CC(C)C)C(=O)N2CCC(COc3ccccc3C#N)CC2)C1=O. The molecular formula is C27H40N4O3. The Morgan fingerprint density at radius 3 is 2.50 bits per heavy atom. The van der Waals surface area contributed by atoms with E-state index >= 15 is 0 Å². The molecule has 2 aliphatic heterocycles. The zero-order chi connectivity index (χ0) is 24.7. The second-order valence-corrected chi connectivity index (χ2v) is 10.5. The van der Waals surface area contributed by atoms with E-state index < -0.39 is 0 Å². The molecule has 1 N–H and O–H groups in total. The average Bonchev–Trinajstić information content (AvgIpc) is 2.82. The third kappa shape index (κ3) is 6.73. The summed E-state index contributed by atoms with van der Waals surface area (Å²) in [4.78, 5) is 30.7. The van der Waals surface area contributed by atoms with E-state index in [1.807, 2.05) is 28.0 Å². The Balaban J connectivity index is 1.59. The van der Waals surface area contributed by atoms with Crippen molar-refractivity contribution >= 4 is 11.8 Å². The topological polar surface area (TPSA) is 85.7 Å². The maximum absolute atomic E-state index is 13.6. The van der Waals surface area contributed by atoms with Gasteiger partial charge in [-0.15, -0.1) is 0 Å². The third-order valence-electron chi connectivity index (χ3n) is 6.80. The standard InChI is InChI=1S/C27H40N4O3/c1-19(2)15-23-26(32)31(14-11-29-23)24(16-20(3)4)27(33)30-12-9-21(10-13-30)18-34-25-8-6-5-7-22(25)17-28/h5-8,19-21,23-24,29H,9-16,18H2,1-4H3. The summed E-state index contributed by atoms with van der Waals surface area (Å²) in [5.41, 5.74) is 0.545. The summed E-state index contributed by atoms with van der Waals surface area (Å²) in [6, 6.07) is 8.86. The molecule has 0 radical (unpaired) electrons. The first kappa shape index (κ1) is 26.0. The third-order valence-corrected chi connectivity index (χ3v) is 6.80. The van der Waals surface area contributed by atoms with Crippen LogP contribution in [0.2, 0.25) is 0 Å². The molecule has 7 heteroatoms. The molecule has 2 saturated heterocycles. The summed E-state index contributed by atoms with van der Waals surface area (Å²) in [6.45, 7) is 11.7. The summed E-state index contributed by atoms with van der Waals surface area (Å²) in [6.07, 6.45) is 3.20. The smallest absolute Gasteiger partial charge is 0.245 e. The van der Waals surface area contributed by atoms with E-state index in [-0.39, 0.29) is 23.9 Å². The van der Waals surface area contributed by atoms with Crippen molar-refractivity contribution in [3.05, 3.63) is 29.8 Å². The van der Waals surface area contributed by atoms with Crippen molar-refractivity contribution in [2.24, 2.45) is 17.8 Å². The zero-order valence-corrected chi connectivity index (χ0v) is 21.1. The van der Waals surface area contributed by atoms with Crippen molar-refractivity contribution < 1.29 is 14.3 Å². The van der Waals surface area contributed by atoms with Crippen molar-refractivity contribution in [2.75, 3.05) is 32.8 Å². The molecule has 0 bridgehead atoms. The molecule has 1 aromatic rings. The molecule has 0 spiro atoms. The lowest BCUT2D eigenvalue weighted by Crippen LogP contribution is -2.62. The van der Waals surface area contributed by atoms with Gasteiger partial charge in [-0.3, -0.25) is 9.59 Å². The molecule has 3 rings (SSSR count). The van der Waals surface area contributed by atoms with E-state index in [2.05, 4.69) is 39.1 Å². The van der Waals surface area contributed by atoms with Gasteiger partial charge >= 0.3 is 0 Å². The number of piperazine rings is 1. The molecule has 2 fully saturated rings. The predicted octanol–water partition coefficient (Wildman–Crippen LogP) is 3.44. The van der Waals surface area contributed by atoms with Gasteiger partial charge < -0.3 is 19.9 Å². The Hall–Kier alpha value is -2.59. The number of hydrogen-bond donors (Lipinski definition) is 1. The lowest BCUT2D eigenvalue weighted by Gasteiger charge is -2.42. The minimum absolute atomic E-state index is 0.0680. The molecule has 0 saturated carbocycles. The quantitative estimate of drug-likeness (QED) is 0.600. The minimum atomic E-state index is -0.389. The Labute approximate surface area is 204 Å². The van der Waals surface area contributed by atoms with Gasteiger partial charge in [0.05, 0.1) is 18.2 Å². The molecule has 0 aromatic heterocycles. The van der Waals surface area contributed by atoms with Crippen molar-refractivity contribution in [1.29, 1.82) is 5.26 Å². The number of likely N-dealkylation sites (tertiary alicyclic amines) is 1. The van der Waals surface area contributed by atoms with Crippen molar-refractivity contribution in [3.8, 4) is 11.8 Å². The van der Waals surface area contributed by atoms with Gasteiger partial charge in [0.15, 0.2) is 0 Å². The normalized spacial score (nSPS) is 20.5. The number of piperidine rings is 1. The lowest BCUT2D eigenvalue weighted by atomic mass is 9.94. The van der Waals surface area contributed by atoms with E-state index in [1.165, 1.54) is 0 Å². The lowest BCUT2D eigenvalue weighted by molar-refractivity contribution is -0.150. The van der Waals surface area contributed by atoms with Crippen LogP contribution in [-0.2, 0) is 9.59 Å². The first-order valence-electron chi connectivity index (χ1n) is 12.7. The highest BCUT2D eigenvalue weighted by molar-refractivity contribution is 5.90. The maximum Gasteiger partial charge on any atom is 0.245 e. The Morgan fingerprint density at radius 2 is 1.85 bits per heavy atom. The van der Waals surface area contributed by atoms with Crippen LogP contribution in [0.1, 0.15) is 58.9 Å². The number of nitrogens with zero attached hydrogens (tertiary/aromatic N) is 3. The van der Waals surface area contributed by atoms with Crippen LogP contribution in [0.25, 0.3) is 0 Å². The molecule has 0 aliphatic carbocycles. The average molecular weight is 469 g/mol. The van der Waals surface area contributed by atoms with Gasteiger partial charge in [0, 0.05) is 26.2 Å². The Kier molecular flexibility index (Phi) is 9.35. The van der Waals surface area contributed by atoms with Crippen LogP contribution in [0.4, 0.5) is 0 Å². The van der Waals surface area contributed by atoms with Gasteiger partial charge in [0.25, 0.3) is 0 Å². The monoisotopic (exact) mass is 468 g/mol. The van der Waals surface area contributed by atoms with Crippen LogP contribution < -0.4 is 10.1 Å². The summed E-state index contributed by atoms with van der Waals surface area (Å²) in [5.74, 6) is 1.86. The van der Waals surface area contributed by atoms with Crippen LogP contribution in [0.5, 0.6) is 5.75 Å². The number of ether oxygens (including phenoxy) is 1. The molecule has 2 unspecified atom stereocenters. The largest absolute Gasteiger partial charge is 0.492 e. The molecule has 2 atom stereocenters. The molecule has 2 amide bonds. The van der Waals surface area contributed by atoms with Gasteiger partial charge in [-0.05, 0) is 55.6 Å². The summed E-state index contributed by atoms with van der Waals surface area (Å²) >= 11 is 0. The minimum Gasteiger partial charge on any atom is -0.492 e. The molecule has 2 aliphatic rings. The first-order valence-corrected chi connectivity index (χ1v) is 12.7. The predicted molar refractivity (Wildman–Crippen MR) is 132 cm³/mol. The Bertz CT molecular complexity index is 871. The molecular weight excluding hydrogens is 428 g/mol. The number of hydrogen-bond acceptors (Lipinski definition) is 5. The fourth-order valence-electron chi connectivity index (χ4n) is 4.95. The van der Waals surface area contributed by atoms with Gasteiger partial charge in [0.1, 0.15) is 17.9 Å². The number of carbonyl (C=O) groups excluding carboxylic acids is 2. The summed E-state index contributed by atoms with van der Waals surface area (Å²) < 4.78 is 5.93. The zero-order valence-electron chi connectivity index (χ0n) is 21.1. The van der Waals surface area contributed by atoms with Crippen LogP contribution in [-0.4, -0.2) is 66.5 Å². The second kappa shape index (κ2) is 12.2. The van der Waals surface area contributed by atoms with Crippen LogP contribution in [0.15, 0.2) is 24.3 Å². The van der Waals surface area contributed by atoms with E-state index in [0.29, 0.717) is 61.7 Å². The number of para-hydroxylation sites is 1. The number of benzene rings is 1. The van der Waals surface area contributed by atoms with Crippen LogP contribution in [0.3, 0.4) is 0 Å². The second-order valence-electron chi connectivity index (χ2n) is 10.5. The Morgan fingerprint density at radius 1 is 1.15 bits per heavy atom. The van der Waals surface area contributed by atoms with E-state index in [9.17, 15) is 14.9 Å². The molecule has 1 aromatic carbocycles. The number of nitriles is 1. The summed E-state index contributed by atoms with van der Waals surface area (Å²) in [5, 5.41) is 12.6. The number of rotatable bonds is 9. The van der Waals surface area contributed by atoms with E-state index in [1.54, 1.807) is 6.07 Å². The molecule has 7 nitrogen and oxygen atoms in total. The molecule has 34 heavy (non-hydrogen) atoms. The number of amides is 2. The van der Waals surface area contributed by atoms with E-state index in [0.717, 1.165) is 25.8 Å². The summed E-state index contributed by atoms with van der Waals surface area (Å²) in [7, 11) is 0. The number of nitrogens with one attached hydrogen (secondary N) is 1. The van der Waals surface area contributed by atoms with Crippen molar-refractivity contribution in [2.45, 2.75) is 65.5 Å². The van der Waals surface area contributed by atoms with Crippen LogP contribution >= 0.6 is 0 Å². The van der Waals surface area contributed by atoms with Gasteiger partial charge in [-0.25, -0.2) is 0 Å². The van der Waals surface area contributed by atoms with Gasteiger partial charge in [-0.1, -0.05) is 39.8 Å². The molecule has 186 valence electrons. The highest BCUT2D eigenvalue weighted by Crippen LogP contribution is 2.25. The van der Waals surface area contributed by atoms with Crippen molar-refractivity contribution in [1.82, 2.24) is 15.1 Å². The van der Waals surface area contributed by atoms with Crippen LogP contribution in [0, 0.1) is 29.1 Å². The van der Waals surface area contributed by atoms with Crippen molar-refractivity contribution in [3.63, 3.8) is 0 Å². The first-order chi connectivity index (χ1) is 16.3. The fraction of sp³-hybridized carbons (Fsp3) is 0.667. The number of carbonyl (C=O) groups is 2. The highest BCUT2D eigenvalue weighted by atomic mass is 16.5. The molecule has 2 heterocycles. The fourth-order valence-corrected chi connectivity index (χ4v) is 4.95. The highest BCUT2D eigenvalue weighted by Gasteiger charge is 2.39. The van der Waals surface area contributed by atoms with Gasteiger partial charge in [-0.2, -0.15) is 5.26 Å². The maximum atomic E-state index is 13.6. The van der Waals surface area contributed by atoms with Gasteiger partial charge in [0.2, 0.25) is 11.8 Å². The van der Waals surface area contributed by atoms with E-state index in [4.69, 9.17) is 4.74 Å².